The molecule has 174 valence electrons. The third kappa shape index (κ3) is 4.58. The fraction of sp³-hybridized carbons (Fsp3) is 0.375. The van der Waals surface area contributed by atoms with Gasteiger partial charge in [0.25, 0.3) is 5.91 Å². The van der Waals surface area contributed by atoms with Crippen LogP contribution in [-0.2, 0) is 18.0 Å². The fourth-order valence-corrected chi connectivity index (χ4v) is 4.50. The number of nitrogens with zero attached hydrogens (tertiary/aromatic N) is 2. The Morgan fingerprint density at radius 3 is 2.55 bits per heavy atom. The number of carbonyl (C=O) groups is 2. The molecule has 0 aliphatic heterocycles. The topological polar surface area (TPSA) is 73.2 Å². The Balaban J connectivity index is 1.63. The minimum absolute atomic E-state index is 0.127. The molecule has 1 aromatic carbocycles. The Morgan fingerprint density at radius 1 is 1.18 bits per heavy atom. The van der Waals surface area contributed by atoms with E-state index in [-0.39, 0.29) is 11.6 Å². The summed E-state index contributed by atoms with van der Waals surface area (Å²) < 4.78 is 46.4. The lowest BCUT2D eigenvalue weighted by Gasteiger charge is -2.26. The number of hydrogen-bond donors (Lipinski definition) is 1. The highest BCUT2D eigenvalue weighted by molar-refractivity contribution is 6.05. The summed E-state index contributed by atoms with van der Waals surface area (Å²) in [5, 5.41) is 3.50. The average molecular weight is 459 g/mol. The number of anilines is 1. The largest absolute Gasteiger partial charge is 0.494 e. The molecule has 0 saturated heterocycles. The lowest BCUT2D eigenvalue weighted by Crippen LogP contribution is -2.17. The van der Waals surface area contributed by atoms with Gasteiger partial charge < -0.3 is 19.4 Å². The van der Waals surface area contributed by atoms with E-state index in [9.17, 15) is 22.8 Å². The van der Waals surface area contributed by atoms with E-state index in [1.54, 1.807) is 12.1 Å². The van der Waals surface area contributed by atoms with Crippen LogP contribution in [0.4, 0.5) is 18.9 Å². The molecule has 0 radical (unpaired) electrons. The van der Waals surface area contributed by atoms with Crippen molar-refractivity contribution >= 4 is 28.8 Å². The number of ether oxygens (including phenoxy) is 1. The van der Waals surface area contributed by atoms with Gasteiger partial charge in [-0.25, -0.2) is 4.98 Å². The smallest absolute Gasteiger partial charge is 0.433 e. The maximum Gasteiger partial charge on any atom is 0.433 e. The monoisotopic (exact) mass is 459 g/mol. The van der Waals surface area contributed by atoms with Crippen LogP contribution in [0.3, 0.4) is 0 Å². The number of aldehydes is 1. The first kappa shape index (κ1) is 22.8. The van der Waals surface area contributed by atoms with E-state index in [0.29, 0.717) is 17.4 Å². The van der Waals surface area contributed by atoms with Gasteiger partial charge in [-0.3, -0.25) is 4.79 Å². The zero-order valence-electron chi connectivity index (χ0n) is 18.3. The predicted molar refractivity (Wildman–Crippen MR) is 117 cm³/mol. The maximum atomic E-state index is 13.0. The zero-order chi connectivity index (χ0) is 23.8. The SMILES string of the molecule is COc1cc2c(cc1NC(=O)c1cccc(C(F)(F)F)n1)cc([C@H]1CC[C@H](C=O)CC1)n2C. The first-order valence-corrected chi connectivity index (χ1v) is 10.7. The summed E-state index contributed by atoms with van der Waals surface area (Å²) in [5.41, 5.74) is 0.923. The Bertz CT molecular complexity index is 1190. The van der Waals surface area contributed by atoms with Crippen LogP contribution in [-0.4, -0.2) is 28.9 Å². The Hall–Kier alpha value is -3.36. The second-order valence-corrected chi connectivity index (χ2v) is 8.35. The summed E-state index contributed by atoms with van der Waals surface area (Å²) in [6.07, 6.45) is -0.0192. The minimum atomic E-state index is -4.64. The third-order valence-electron chi connectivity index (χ3n) is 6.30. The normalized spacial score (nSPS) is 18.8. The number of benzene rings is 1. The number of nitrogens with one attached hydrogen (secondary N) is 1. The number of methoxy groups -OCH3 is 1. The van der Waals surface area contributed by atoms with Crippen molar-refractivity contribution in [2.24, 2.45) is 13.0 Å². The van der Waals surface area contributed by atoms with Crippen LogP contribution in [0.2, 0.25) is 0 Å². The van der Waals surface area contributed by atoms with Gasteiger partial charge in [0.2, 0.25) is 0 Å². The first-order valence-electron chi connectivity index (χ1n) is 10.7. The molecule has 33 heavy (non-hydrogen) atoms. The van der Waals surface area contributed by atoms with E-state index in [2.05, 4.69) is 20.9 Å². The van der Waals surface area contributed by atoms with Crippen molar-refractivity contribution in [1.82, 2.24) is 9.55 Å². The number of aromatic nitrogens is 2. The van der Waals surface area contributed by atoms with Gasteiger partial charge in [-0.05, 0) is 55.9 Å². The number of pyridine rings is 1. The van der Waals surface area contributed by atoms with E-state index in [0.717, 1.165) is 60.7 Å². The number of halogens is 3. The summed E-state index contributed by atoms with van der Waals surface area (Å²) in [5.74, 6) is 0.0848. The van der Waals surface area contributed by atoms with Crippen molar-refractivity contribution in [2.75, 3.05) is 12.4 Å². The molecule has 0 unspecified atom stereocenters. The average Bonchev–Trinajstić information content (AvgIpc) is 3.13. The van der Waals surface area contributed by atoms with Crippen LogP contribution >= 0.6 is 0 Å². The standard InChI is InChI=1S/C24H24F3N3O3/c1-30-19(15-8-6-14(13-31)7-9-15)11-16-10-18(21(33-2)12-20(16)30)29-23(32)17-4-3-5-22(28-17)24(25,26)27/h3-5,10-15H,6-9H2,1-2H3,(H,29,32)/t14-,15-. The summed E-state index contributed by atoms with van der Waals surface area (Å²) in [6.45, 7) is 0. The van der Waals surface area contributed by atoms with E-state index in [1.165, 1.54) is 13.2 Å². The summed E-state index contributed by atoms with van der Waals surface area (Å²) in [7, 11) is 3.43. The van der Waals surface area contributed by atoms with E-state index < -0.39 is 17.8 Å². The third-order valence-corrected chi connectivity index (χ3v) is 6.30. The molecule has 0 spiro atoms. The number of aryl methyl sites for hydroxylation is 1. The number of fused-ring (bicyclic) bond motifs is 1. The summed E-state index contributed by atoms with van der Waals surface area (Å²) in [4.78, 5) is 27.2. The predicted octanol–water partition coefficient (Wildman–Crippen LogP) is 5.33. The van der Waals surface area contributed by atoms with Gasteiger partial charge in [0, 0.05) is 30.1 Å². The molecule has 4 rings (SSSR count). The van der Waals surface area contributed by atoms with Gasteiger partial charge >= 0.3 is 6.18 Å². The molecule has 2 heterocycles. The van der Waals surface area contributed by atoms with Crippen molar-refractivity contribution < 1.29 is 27.5 Å². The van der Waals surface area contributed by atoms with Crippen LogP contribution in [0.1, 0.15) is 53.5 Å². The van der Waals surface area contributed by atoms with Crippen molar-refractivity contribution in [3.63, 3.8) is 0 Å². The van der Waals surface area contributed by atoms with Gasteiger partial charge in [0.05, 0.1) is 18.3 Å². The fourth-order valence-electron chi connectivity index (χ4n) is 4.50. The second-order valence-electron chi connectivity index (χ2n) is 8.35. The second kappa shape index (κ2) is 8.88. The van der Waals surface area contributed by atoms with Crippen LogP contribution < -0.4 is 10.1 Å². The molecule has 3 aromatic rings. The van der Waals surface area contributed by atoms with Gasteiger partial charge in [0.1, 0.15) is 23.4 Å². The molecule has 0 atom stereocenters. The lowest BCUT2D eigenvalue weighted by molar-refractivity contribution is -0.141. The molecule has 1 fully saturated rings. The van der Waals surface area contributed by atoms with Crippen molar-refractivity contribution in [3.8, 4) is 5.75 Å². The molecule has 2 aromatic heterocycles. The Morgan fingerprint density at radius 2 is 1.91 bits per heavy atom. The number of hydrogen-bond acceptors (Lipinski definition) is 4. The van der Waals surface area contributed by atoms with Crippen LogP contribution in [0, 0.1) is 5.92 Å². The lowest BCUT2D eigenvalue weighted by atomic mass is 9.81. The zero-order valence-corrected chi connectivity index (χ0v) is 18.3. The number of rotatable bonds is 5. The first-order chi connectivity index (χ1) is 15.7. The van der Waals surface area contributed by atoms with Gasteiger partial charge in [0.15, 0.2) is 0 Å². The van der Waals surface area contributed by atoms with Gasteiger partial charge in [-0.15, -0.1) is 0 Å². The molecular formula is C24H24F3N3O3. The molecule has 1 aliphatic rings. The Labute approximate surface area is 188 Å². The van der Waals surface area contributed by atoms with E-state index in [4.69, 9.17) is 4.74 Å². The summed E-state index contributed by atoms with van der Waals surface area (Å²) in [6, 6.07) is 8.79. The Kier molecular flexibility index (Phi) is 6.14. The maximum absolute atomic E-state index is 13.0. The molecule has 9 heteroatoms. The quantitative estimate of drug-likeness (QED) is 0.524. The molecule has 1 amide bonds. The van der Waals surface area contributed by atoms with E-state index in [1.807, 2.05) is 7.05 Å². The molecule has 1 aliphatic carbocycles. The highest BCUT2D eigenvalue weighted by atomic mass is 19.4. The van der Waals surface area contributed by atoms with Crippen LogP contribution in [0.5, 0.6) is 5.75 Å². The molecule has 0 bridgehead atoms. The van der Waals surface area contributed by atoms with Crippen LogP contribution in [0.15, 0.2) is 36.4 Å². The molecule has 1 saturated carbocycles. The number of alkyl halides is 3. The van der Waals surface area contributed by atoms with Gasteiger partial charge in [-0.2, -0.15) is 13.2 Å². The van der Waals surface area contributed by atoms with Crippen molar-refractivity contribution in [1.29, 1.82) is 0 Å². The van der Waals surface area contributed by atoms with Gasteiger partial charge in [-0.1, -0.05) is 6.07 Å². The van der Waals surface area contributed by atoms with E-state index >= 15 is 0 Å². The molecule has 6 nitrogen and oxygen atoms in total. The molecular weight excluding hydrogens is 435 g/mol. The highest BCUT2D eigenvalue weighted by Crippen LogP contribution is 2.39. The molecule has 1 N–H and O–H groups in total. The minimum Gasteiger partial charge on any atom is -0.494 e. The van der Waals surface area contributed by atoms with Crippen molar-refractivity contribution in [2.45, 2.75) is 37.8 Å². The van der Waals surface area contributed by atoms with Crippen LogP contribution in [0.25, 0.3) is 10.9 Å². The number of amides is 1. The number of carbonyl (C=O) groups excluding carboxylic acids is 2. The van der Waals surface area contributed by atoms with Crippen molar-refractivity contribution in [3.05, 3.63) is 53.5 Å². The summed E-state index contributed by atoms with van der Waals surface area (Å²) >= 11 is 0. The highest BCUT2D eigenvalue weighted by Gasteiger charge is 2.33.